The highest BCUT2D eigenvalue weighted by Gasteiger charge is 2.64. The van der Waals surface area contributed by atoms with Crippen molar-refractivity contribution in [3.8, 4) is 5.75 Å². The Bertz CT molecular complexity index is 681. The van der Waals surface area contributed by atoms with E-state index in [-0.39, 0.29) is 11.2 Å². The van der Waals surface area contributed by atoms with E-state index in [2.05, 4.69) is 25.1 Å². The summed E-state index contributed by atoms with van der Waals surface area (Å²) in [5, 5.41) is 0. The Kier molecular flexibility index (Phi) is 4.07. The fourth-order valence-corrected chi connectivity index (χ4v) is 6.66. The Balaban J connectivity index is 1.42. The van der Waals surface area contributed by atoms with Crippen LogP contribution in [0.3, 0.4) is 0 Å². The second-order valence-corrected chi connectivity index (χ2v) is 8.77. The molecule has 1 heterocycles. The predicted molar refractivity (Wildman–Crippen MR) is 98.2 cm³/mol. The number of aryl methyl sites for hydroxylation is 1. The molecular weight excluding hydrogens is 328 g/mol. The molecule has 2 saturated carbocycles. The first kappa shape index (κ1) is 17.0. The quantitative estimate of drug-likeness (QED) is 0.756. The number of benzene rings is 1. The van der Waals surface area contributed by atoms with Gasteiger partial charge in [0.1, 0.15) is 5.75 Å². The zero-order valence-electron chi connectivity index (χ0n) is 16.0. The minimum absolute atomic E-state index is 0.184. The molecule has 26 heavy (non-hydrogen) atoms. The van der Waals surface area contributed by atoms with Crippen LogP contribution in [0, 0.1) is 17.3 Å². The summed E-state index contributed by atoms with van der Waals surface area (Å²) >= 11 is 0. The Morgan fingerprint density at radius 3 is 2.77 bits per heavy atom. The summed E-state index contributed by atoms with van der Waals surface area (Å²) in [4.78, 5) is 0. The highest BCUT2D eigenvalue weighted by atomic mass is 16.7. The molecule has 0 bridgehead atoms. The first-order chi connectivity index (χ1) is 12.7. The molecule has 1 aromatic carbocycles. The van der Waals surface area contributed by atoms with Gasteiger partial charge in [-0.25, -0.2) is 0 Å². The molecule has 4 aliphatic rings. The van der Waals surface area contributed by atoms with Crippen molar-refractivity contribution in [3.05, 3.63) is 29.3 Å². The standard InChI is InChI=1S/C22H30O4/c1-21-9-7-18-17-6-4-16(24-14-23-2)13-15(17)3-5-19(18)20(21)8-10-22(21)25-11-12-26-22/h4,6,13,18-20H,3,5,7-12,14H2,1-2H3/t18-,19-,20+,21+/m1/s1. The molecule has 0 unspecified atom stereocenters. The lowest BCUT2D eigenvalue weighted by Gasteiger charge is -2.52. The van der Waals surface area contributed by atoms with Crippen LogP contribution in [0.4, 0.5) is 0 Å². The lowest BCUT2D eigenvalue weighted by atomic mass is 9.55. The zero-order chi connectivity index (χ0) is 17.8. The second kappa shape index (κ2) is 6.22. The molecule has 5 rings (SSSR count). The van der Waals surface area contributed by atoms with Crippen LogP contribution < -0.4 is 4.74 Å². The number of hydrogen-bond donors (Lipinski definition) is 0. The molecule has 1 spiro atoms. The molecule has 1 saturated heterocycles. The first-order valence-corrected chi connectivity index (χ1v) is 10.2. The normalized spacial score (nSPS) is 37.2. The molecule has 4 heteroatoms. The monoisotopic (exact) mass is 358 g/mol. The average Bonchev–Trinajstić information content (AvgIpc) is 3.26. The highest BCUT2D eigenvalue weighted by molar-refractivity contribution is 5.40. The number of fused-ring (bicyclic) bond motifs is 6. The van der Waals surface area contributed by atoms with Gasteiger partial charge < -0.3 is 18.9 Å². The molecule has 1 aromatic rings. The number of methoxy groups -OCH3 is 1. The van der Waals surface area contributed by atoms with Gasteiger partial charge in [-0.15, -0.1) is 0 Å². The SMILES string of the molecule is COCOc1ccc2c(c1)CC[C@@H]1[C@@H]2CC[C@@]2(C)[C@H]1CCC21OCCO1. The average molecular weight is 358 g/mol. The smallest absolute Gasteiger partial charge is 0.188 e. The van der Waals surface area contributed by atoms with Gasteiger partial charge in [0.25, 0.3) is 0 Å². The number of hydrogen-bond acceptors (Lipinski definition) is 4. The topological polar surface area (TPSA) is 36.9 Å². The van der Waals surface area contributed by atoms with E-state index in [4.69, 9.17) is 18.9 Å². The molecule has 3 aliphatic carbocycles. The maximum Gasteiger partial charge on any atom is 0.188 e. The van der Waals surface area contributed by atoms with Gasteiger partial charge in [0.05, 0.1) is 13.2 Å². The molecule has 0 N–H and O–H groups in total. The van der Waals surface area contributed by atoms with Crippen molar-refractivity contribution in [2.75, 3.05) is 27.1 Å². The second-order valence-electron chi connectivity index (χ2n) is 8.77. The van der Waals surface area contributed by atoms with Crippen LogP contribution >= 0.6 is 0 Å². The summed E-state index contributed by atoms with van der Waals surface area (Å²) < 4.78 is 23.1. The van der Waals surface area contributed by atoms with Crippen molar-refractivity contribution >= 4 is 0 Å². The Morgan fingerprint density at radius 1 is 1.12 bits per heavy atom. The molecular formula is C22H30O4. The summed E-state index contributed by atoms with van der Waals surface area (Å²) in [6.45, 7) is 4.30. The van der Waals surface area contributed by atoms with E-state index in [9.17, 15) is 0 Å². The molecule has 4 atom stereocenters. The van der Waals surface area contributed by atoms with Crippen molar-refractivity contribution in [1.29, 1.82) is 0 Å². The van der Waals surface area contributed by atoms with Crippen LogP contribution in [0.2, 0.25) is 0 Å². The van der Waals surface area contributed by atoms with E-state index in [1.807, 2.05) is 0 Å². The molecule has 3 fully saturated rings. The van der Waals surface area contributed by atoms with Crippen LogP contribution in [0.25, 0.3) is 0 Å². The largest absolute Gasteiger partial charge is 0.468 e. The minimum atomic E-state index is -0.291. The van der Waals surface area contributed by atoms with Crippen LogP contribution in [-0.2, 0) is 20.6 Å². The van der Waals surface area contributed by atoms with Crippen molar-refractivity contribution in [3.63, 3.8) is 0 Å². The van der Waals surface area contributed by atoms with Gasteiger partial charge in [0, 0.05) is 18.9 Å². The van der Waals surface area contributed by atoms with E-state index in [1.165, 1.54) is 31.2 Å². The molecule has 4 nitrogen and oxygen atoms in total. The van der Waals surface area contributed by atoms with E-state index in [0.29, 0.717) is 12.7 Å². The maximum absolute atomic E-state index is 6.23. The van der Waals surface area contributed by atoms with Crippen LogP contribution in [0.1, 0.15) is 56.1 Å². The molecule has 142 valence electrons. The lowest BCUT2D eigenvalue weighted by Crippen LogP contribution is -2.51. The summed E-state index contributed by atoms with van der Waals surface area (Å²) in [5.41, 5.74) is 3.22. The van der Waals surface area contributed by atoms with Crippen LogP contribution in [0.15, 0.2) is 18.2 Å². The minimum Gasteiger partial charge on any atom is -0.468 e. The van der Waals surface area contributed by atoms with E-state index in [0.717, 1.165) is 43.6 Å². The highest BCUT2D eigenvalue weighted by Crippen LogP contribution is 2.66. The molecule has 0 amide bonds. The van der Waals surface area contributed by atoms with E-state index >= 15 is 0 Å². The summed E-state index contributed by atoms with van der Waals surface area (Å²) in [5.74, 6) is 2.80. The fraction of sp³-hybridized carbons (Fsp3) is 0.727. The summed E-state index contributed by atoms with van der Waals surface area (Å²) in [7, 11) is 1.66. The van der Waals surface area contributed by atoms with Gasteiger partial charge in [-0.1, -0.05) is 13.0 Å². The summed E-state index contributed by atoms with van der Waals surface area (Å²) in [6.07, 6.45) is 7.22. The maximum atomic E-state index is 6.23. The third-order valence-corrected chi connectivity index (χ3v) is 7.84. The van der Waals surface area contributed by atoms with Crippen molar-refractivity contribution in [2.24, 2.45) is 17.3 Å². The Hall–Kier alpha value is -1.10. The third-order valence-electron chi connectivity index (χ3n) is 7.84. The molecule has 0 radical (unpaired) electrons. The van der Waals surface area contributed by atoms with Gasteiger partial charge >= 0.3 is 0 Å². The van der Waals surface area contributed by atoms with Gasteiger partial charge in [-0.2, -0.15) is 0 Å². The Morgan fingerprint density at radius 2 is 1.96 bits per heavy atom. The van der Waals surface area contributed by atoms with Gasteiger partial charge in [0.15, 0.2) is 12.6 Å². The van der Waals surface area contributed by atoms with Gasteiger partial charge in [-0.3, -0.25) is 0 Å². The van der Waals surface area contributed by atoms with Crippen molar-refractivity contribution in [1.82, 2.24) is 0 Å². The molecule has 0 aromatic heterocycles. The summed E-state index contributed by atoms with van der Waals surface area (Å²) in [6, 6.07) is 6.66. The lowest BCUT2D eigenvalue weighted by molar-refractivity contribution is -0.237. The van der Waals surface area contributed by atoms with Crippen molar-refractivity contribution < 1.29 is 18.9 Å². The van der Waals surface area contributed by atoms with Crippen molar-refractivity contribution in [2.45, 2.75) is 57.2 Å². The Labute approximate surface area is 156 Å². The molecule has 1 aliphatic heterocycles. The zero-order valence-corrected chi connectivity index (χ0v) is 16.0. The van der Waals surface area contributed by atoms with Crippen LogP contribution in [-0.4, -0.2) is 32.9 Å². The van der Waals surface area contributed by atoms with Gasteiger partial charge in [0.2, 0.25) is 0 Å². The predicted octanol–water partition coefficient (Wildman–Crippen LogP) is 4.27. The number of ether oxygens (including phenoxy) is 4. The fourth-order valence-electron chi connectivity index (χ4n) is 6.66. The van der Waals surface area contributed by atoms with Gasteiger partial charge in [-0.05, 0) is 73.1 Å². The number of rotatable bonds is 3. The van der Waals surface area contributed by atoms with E-state index in [1.54, 1.807) is 12.7 Å². The first-order valence-electron chi connectivity index (χ1n) is 10.2. The van der Waals surface area contributed by atoms with E-state index < -0.39 is 0 Å². The van der Waals surface area contributed by atoms with Crippen LogP contribution in [0.5, 0.6) is 5.75 Å². The third kappa shape index (κ3) is 2.31.